The van der Waals surface area contributed by atoms with Gasteiger partial charge in [-0.3, -0.25) is 9.59 Å². The van der Waals surface area contributed by atoms with Crippen LogP contribution in [-0.2, 0) is 14.3 Å². The van der Waals surface area contributed by atoms with Crippen LogP contribution in [0, 0.1) is 0 Å². The molecular formula is C7H7NO4S2. The van der Waals surface area contributed by atoms with Crippen molar-refractivity contribution in [1.82, 2.24) is 5.32 Å². The third-order valence-corrected chi connectivity index (χ3v) is 2.89. The summed E-state index contributed by atoms with van der Waals surface area (Å²) in [6.07, 6.45) is 0. The number of carbonyl (C=O) groups is 3. The van der Waals surface area contributed by atoms with Crippen molar-refractivity contribution in [3.05, 3.63) is 0 Å². The Labute approximate surface area is 89.6 Å². The summed E-state index contributed by atoms with van der Waals surface area (Å²) < 4.78 is 4.50. The van der Waals surface area contributed by atoms with Crippen LogP contribution >= 0.6 is 24.0 Å². The number of Topliss-reactive ketones (excluding diaryl/α,β-unsaturated/α-hetero) is 1. The molecule has 1 aliphatic rings. The molecule has 0 aromatic heterocycles. The first kappa shape index (κ1) is 11.1. The van der Waals surface area contributed by atoms with E-state index in [2.05, 4.69) is 10.1 Å². The van der Waals surface area contributed by atoms with E-state index in [9.17, 15) is 14.4 Å². The smallest absolute Gasteiger partial charge is 0.376 e. The van der Waals surface area contributed by atoms with Crippen molar-refractivity contribution in [3.8, 4) is 0 Å². The Hall–Kier alpha value is -0.950. The van der Waals surface area contributed by atoms with Gasteiger partial charge in [0.05, 0.1) is 6.61 Å². The standard InChI is InChI=1S/C7H7NO4S2/c1-2-12-6(10)3(9)4-5(13)8-7(11)14-4/h4H,2H2,1H3,(H,8,11,13). The summed E-state index contributed by atoms with van der Waals surface area (Å²) in [5.41, 5.74) is 0. The maximum absolute atomic E-state index is 11.3. The van der Waals surface area contributed by atoms with Crippen molar-refractivity contribution in [2.24, 2.45) is 0 Å². The van der Waals surface area contributed by atoms with Gasteiger partial charge in [-0.15, -0.1) is 0 Å². The van der Waals surface area contributed by atoms with E-state index >= 15 is 0 Å². The maximum Gasteiger partial charge on any atom is 0.376 e. The molecule has 0 radical (unpaired) electrons. The number of rotatable bonds is 3. The van der Waals surface area contributed by atoms with Crippen LogP contribution in [0.4, 0.5) is 4.79 Å². The summed E-state index contributed by atoms with van der Waals surface area (Å²) in [7, 11) is 0. The number of hydrogen-bond donors (Lipinski definition) is 1. The molecule has 1 N–H and O–H groups in total. The molecule has 14 heavy (non-hydrogen) atoms. The Bertz CT molecular complexity index is 315. The normalized spacial score (nSPS) is 20.5. The highest BCUT2D eigenvalue weighted by Crippen LogP contribution is 2.21. The number of hydrogen-bond acceptors (Lipinski definition) is 6. The molecule has 0 aromatic rings. The van der Waals surface area contributed by atoms with Gasteiger partial charge in [0.2, 0.25) is 0 Å². The molecule has 5 nitrogen and oxygen atoms in total. The number of nitrogens with one attached hydrogen (secondary N) is 1. The van der Waals surface area contributed by atoms with Crippen LogP contribution in [0.5, 0.6) is 0 Å². The highest BCUT2D eigenvalue weighted by Gasteiger charge is 2.38. The van der Waals surface area contributed by atoms with Gasteiger partial charge in [0.1, 0.15) is 10.2 Å². The number of esters is 1. The number of thiocarbonyl (C=S) groups is 1. The molecule has 0 saturated carbocycles. The summed E-state index contributed by atoms with van der Waals surface area (Å²) in [6.45, 7) is 1.71. The van der Waals surface area contributed by atoms with Crippen molar-refractivity contribution in [2.75, 3.05) is 6.61 Å². The lowest BCUT2D eigenvalue weighted by Gasteiger charge is -2.04. The Morgan fingerprint density at radius 1 is 1.64 bits per heavy atom. The van der Waals surface area contributed by atoms with Crippen LogP contribution in [0.15, 0.2) is 0 Å². The Morgan fingerprint density at radius 2 is 2.29 bits per heavy atom. The van der Waals surface area contributed by atoms with Crippen LogP contribution in [0.25, 0.3) is 0 Å². The fraction of sp³-hybridized carbons (Fsp3) is 0.429. The Balaban J connectivity index is 2.66. The molecule has 0 spiro atoms. The number of ether oxygens (including phenoxy) is 1. The average Bonchev–Trinajstić information content (AvgIpc) is 2.44. The average molecular weight is 233 g/mol. The molecule has 1 saturated heterocycles. The summed E-state index contributed by atoms with van der Waals surface area (Å²) in [5.74, 6) is -1.75. The summed E-state index contributed by atoms with van der Waals surface area (Å²) in [6, 6.07) is 0. The highest BCUT2D eigenvalue weighted by molar-refractivity contribution is 8.17. The second-order valence-electron chi connectivity index (χ2n) is 2.36. The van der Waals surface area contributed by atoms with Crippen LogP contribution in [0.3, 0.4) is 0 Å². The molecular weight excluding hydrogens is 226 g/mol. The maximum atomic E-state index is 11.3. The van der Waals surface area contributed by atoms with Gasteiger partial charge in [0, 0.05) is 0 Å². The van der Waals surface area contributed by atoms with Crippen LogP contribution < -0.4 is 5.32 Å². The molecule has 0 bridgehead atoms. The zero-order valence-electron chi connectivity index (χ0n) is 7.23. The van der Waals surface area contributed by atoms with E-state index in [-0.39, 0.29) is 11.6 Å². The minimum absolute atomic E-state index is 0.0676. The molecule has 1 heterocycles. The first-order valence-electron chi connectivity index (χ1n) is 3.78. The van der Waals surface area contributed by atoms with E-state index in [1.54, 1.807) is 6.92 Å². The topological polar surface area (TPSA) is 72.5 Å². The van der Waals surface area contributed by atoms with Gasteiger partial charge in [-0.1, -0.05) is 12.2 Å². The predicted octanol–water partition coefficient (Wildman–Crippen LogP) is 0.271. The van der Waals surface area contributed by atoms with Crippen molar-refractivity contribution in [2.45, 2.75) is 12.2 Å². The molecule has 1 aliphatic heterocycles. The number of amides is 1. The fourth-order valence-corrected chi connectivity index (χ4v) is 2.00. The van der Waals surface area contributed by atoms with E-state index in [1.807, 2.05) is 0 Å². The van der Waals surface area contributed by atoms with Crippen molar-refractivity contribution in [3.63, 3.8) is 0 Å². The Morgan fingerprint density at radius 3 is 2.71 bits per heavy atom. The van der Waals surface area contributed by atoms with Gasteiger partial charge in [0.15, 0.2) is 0 Å². The first-order chi connectivity index (χ1) is 6.56. The SMILES string of the molecule is CCOC(=O)C(=O)C1SC(=O)NC1=S. The molecule has 1 unspecified atom stereocenters. The third-order valence-electron chi connectivity index (χ3n) is 1.40. The second kappa shape index (κ2) is 4.52. The third kappa shape index (κ3) is 2.30. The second-order valence-corrected chi connectivity index (χ2v) is 3.88. The predicted molar refractivity (Wildman–Crippen MR) is 54.1 cm³/mol. The first-order valence-corrected chi connectivity index (χ1v) is 5.07. The van der Waals surface area contributed by atoms with E-state index in [4.69, 9.17) is 12.2 Å². The lowest BCUT2D eigenvalue weighted by Crippen LogP contribution is -2.34. The molecule has 1 atom stereocenters. The molecule has 76 valence electrons. The van der Waals surface area contributed by atoms with Crippen molar-refractivity contribution >= 4 is 46.0 Å². The van der Waals surface area contributed by atoms with E-state index in [0.717, 1.165) is 0 Å². The lowest BCUT2D eigenvalue weighted by molar-refractivity contribution is -0.152. The van der Waals surface area contributed by atoms with Crippen LogP contribution in [-0.4, -0.2) is 33.8 Å². The number of ketones is 1. The van der Waals surface area contributed by atoms with Gasteiger partial charge in [-0.25, -0.2) is 4.79 Å². The van der Waals surface area contributed by atoms with E-state index < -0.39 is 22.2 Å². The van der Waals surface area contributed by atoms with Gasteiger partial charge in [-0.2, -0.15) is 0 Å². The summed E-state index contributed by atoms with van der Waals surface area (Å²) in [5, 5.41) is 0.933. The van der Waals surface area contributed by atoms with Crippen molar-refractivity contribution in [1.29, 1.82) is 0 Å². The summed E-state index contributed by atoms with van der Waals surface area (Å²) >= 11 is 5.41. The lowest BCUT2D eigenvalue weighted by atomic mass is 10.3. The van der Waals surface area contributed by atoms with Crippen LogP contribution in [0.1, 0.15) is 6.92 Å². The molecule has 1 amide bonds. The van der Waals surface area contributed by atoms with Gasteiger partial charge in [0.25, 0.3) is 11.0 Å². The largest absolute Gasteiger partial charge is 0.460 e. The monoisotopic (exact) mass is 233 g/mol. The molecule has 1 rings (SSSR count). The van der Waals surface area contributed by atoms with E-state index in [1.165, 1.54) is 0 Å². The number of carbonyl (C=O) groups excluding carboxylic acids is 3. The van der Waals surface area contributed by atoms with Crippen LogP contribution in [0.2, 0.25) is 0 Å². The molecule has 0 aromatic carbocycles. The minimum Gasteiger partial charge on any atom is -0.460 e. The minimum atomic E-state index is -0.955. The van der Waals surface area contributed by atoms with Gasteiger partial charge in [-0.05, 0) is 18.7 Å². The zero-order valence-corrected chi connectivity index (χ0v) is 8.87. The number of thioether (sulfide) groups is 1. The highest BCUT2D eigenvalue weighted by atomic mass is 32.2. The fourth-order valence-electron chi connectivity index (χ4n) is 0.838. The molecule has 7 heteroatoms. The Kier molecular flexibility index (Phi) is 3.59. The van der Waals surface area contributed by atoms with Gasteiger partial charge < -0.3 is 10.1 Å². The van der Waals surface area contributed by atoms with E-state index in [0.29, 0.717) is 11.8 Å². The van der Waals surface area contributed by atoms with Gasteiger partial charge >= 0.3 is 5.97 Å². The molecule has 1 fully saturated rings. The molecule has 0 aliphatic carbocycles. The quantitative estimate of drug-likeness (QED) is 0.428. The zero-order chi connectivity index (χ0) is 10.7. The summed E-state index contributed by atoms with van der Waals surface area (Å²) in [4.78, 5) is 33.2. The van der Waals surface area contributed by atoms with Crippen molar-refractivity contribution < 1.29 is 19.1 Å².